The van der Waals surface area contributed by atoms with Gasteiger partial charge in [0.2, 0.25) is 0 Å². The molecule has 0 saturated carbocycles. The van der Waals surface area contributed by atoms with E-state index < -0.39 is 12.1 Å². The Kier molecular flexibility index (Phi) is 18.0. The van der Waals surface area contributed by atoms with Crippen molar-refractivity contribution < 1.29 is 14.6 Å². The van der Waals surface area contributed by atoms with E-state index in [2.05, 4.69) is 25.7 Å². The highest BCUT2D eigenvalue weighted by Gasteiger charge is 2.14. The molecule has 0 heterocycles. The van der Waals surface area contributed by atoms with Crippen LogP contribution in [0.4, 0.5) is 0 Å². The van der Waals surface area contributed by atoms with Crippen LogP contribution >= 0.6 is 0 Å². The standard InChI is InChI=1S/C23H42O3/c1-4-6-18-21(3)19-16-14-12-10-8-7-9-11-13-15-17-20-22(24)23(25)26-5-2/h21-22,24H,4-15,17-18,20H2,1-3H3. The molecule has 0 bridgehead atoms. The Morgan fingerprint density at radius 2 is 1.46 bits per heavy atom. The lowest BCUT2D eigenvalue weighted by Crippen LogP contribution is -2.22. The molecular formula is C23H42O3. The van der Waals surface area contributed by atoms with Crippen LogP contribution in [0.3, 0.4) is 0 Å². The van der Waals surface area contributed by atoms with Crippen molar-refractivity contribution in [3.05, 3.63) is 0 Å². The van der Waals surface area contributed by atoms with Crippen LogP contribution in [0.5, 0.6) is 0 Å². The molecule has 0 aromatic carbocycles. The summed E-state index contributed by atoms with van der Waals surface area (Å²) >= 11 is 0. The van der Waals surface area contributed by atoms with Crippen molar-refractivity contribution in [2.45, 2.75) is 117 Å². The number of aliphatic hydroxyl groups excluding tert-OH is 1. The molecule has 3 heteroatoms. The molecule has 0 amide bonds. The topological polar surface area (TPSA) is 46.5 Å². The molecule has 0 aromatic heterocycles. The third kappa shape index (κ3) is 16.5. The number of esters is 1. The van der Waals surface area contributed by atoms with Crippen molar-refractivity contribution in [3.8, 4) is 11.8 Å². The summed E-state index contributed by atoms with van der Waals surface area (Å²) in [5.41, 5.74) is 0. The first-order valence-corrected chi connectivity index (χ1v) is 10.9. The maximum Gasteiger partial charge on any atom is 0.334 e. The fourth-order valence-corrected chi connectivity index (χ4v) is 2.97. The van der Waals surface area contributed by atoms with E-state index in [1.807, 2.05) is 0 Å². The molecule has 0 aliphatic rings. The maximum absolute atomic E-state index is 11.3. The minimum Gasteiger partial charge on any atom is -0.464 e. The van der Waals surface area contributed by atoms with Gasteiger partial charge >= 0.3 is 5.97 Å². The lowest BCUT2D eigenvalue weighted by molar-refractivity contribution is -0.153. The summed E-state index contributed by atoms with van der Waals surface area (Å²) < 4.78 is 4.79. The Labute approximate surface area is 162 Å². The van der Waals surface area contributed by atoms with Crippen molar-refractivity contribution >= 4 is 5.97 Å². The van der Waals surface area contributed by atoms with Crippen LogP contribution in [0.2, 0.25) is 0 Å². The molecule has 0 saturated heterocycles. The molecule has 26 heavy (non-hydrogen) atoms. The highest BCUT2D eigenvalue weighted by molar-refractivity contribution is 5.74. The highest BCUT2D eigenvalue weighted by Crippen LogP contribution is 2.12. The van der Waals surface area contributed by atoms with Crippen molar-refractivity contribution in [3.63, 3.8) is 0 Å². The summed E-state index contributed by atoms with van der Waals surface area (Å²) in [6, 6.07) is 0. The monoisotopic (exact) mass is 366 g/mol. The minimum absolute atomic E-state index is 0.334. The van der Waals surface area contributed by atoms with E-state index in [0.29, 0.717) is 18.9 Å². The predicted molar refractivity (Wildman–Crippen MR) is 110 cm³/mol. The zero-order valence-corrected chi connectivity index (χ0v) is 17.5. The Morgan fingerprint density at radius 3 is 2.04 bits per heavy atom. The fraction of sp³-hybridized carbons (Fsp3) is 0.870. The van der Waals surface area contributed by atoms with Gasteiger partial charge in [0.1, 0.15) is 0 Å². The van der Waals surface area contributed by atoms with Gasteiger partial charge in [-0.1, -0.05) is 78.1 Å². The van der Waals surface area contributed by atoms with Gasteiger partial charge < -0.3 is 9.84 Å². The van der Waals surface area contributed by atoms with Crippen LogP contribution in [0.15, 0.2) is 0 Å². The van der Waals surface area contributed by atoms with Gasteiger partial charge in [-0.15, -0.1) is 11.8 Å². The second-order valence-electron chi connectivity index (χ2n) is 7.35. The largest absolute Gasteiger partial charge is 0.464 e. The van der Waals surface area contributed by atoms with E-state index in [0.717, 1.165) is 19.3 Å². The average molecular weight is 367 g/mol. The van der Waals surface area contributed by atoms with Crippen molar-refractivity contribution in [2.24, 2.45) is 5.92 Å². The number of unbranched alkanes of at least 4 members (excludes halogenated alkanes) is 10. The molecule has 0 fully saturated rings. The molecule has 0 aromatic rings. The number of carbonyl (C=O) groups is 1. The second-order valence-corrected chi connectivity index (χ2v) is 7.35. The Balaban J connectivity index is 3.32. The molecule has 0 aliphatic heterocycles. The van der Waals surface area contributed by atoms with Gasteiger partial charge in [0.15, 0.2) is 6.10 Å². The van der Waals surface area contributed by atoms with Gasteiger partial charge in [-0.05, 0) is 26.2 Å². The van der Waals surface area contributed by atoms with Gasteiger partial charge in [-0.25, -0.2) is 4.79 Å². The van der Waals surface area contributed by atoms with Gasteiger partial charge in [0.05, 0.1) is 6.61 Å². The van der Waals surface area contributed by atoms with Gasteiger partial charge in [0, 0.05) is 12.3 Å². The van der Waals surface area contributed by atoms with Crippen LogP contribution in [0, 0.1) is 17.8 Å². The van der Waals surface area contributed by atoms with Crippen LogP contribution < -0.4 is 0 Å². The van der Waals surface area contributed by atoms with Crippen LogP contribution in [-0.2, 0) is 9.53 Å². The summed E-state index contributed by atoms with van der Waals surface area (Å²) in [7, 11) is 0. The molecule has 152 valence electrons. The third-order valence-corrected chi connectivity index (χ3v) is 4.68. The predicted octanol–water partition coefficient (Wildman–Crippen LogP) is 6.03. The number of rotatable bonds is 16. The lowest BCUT2D eigenvalue weighted by atomic mass is 10.0. The summed E-state index contributed by atoms with van der Waals surface area (Å²) in [6.45, 7) is 6.56. The molecule has 0 spiro atoms. The van der Waals surface area contributed by atoms with Crippen molar-refractivity contribution in [2.75, 3.05) is 6.61 Å². The number of aliphatic hydroxyl groups is 1. The highest BCUT2D eigenvalue weighted by atomic mass is 16.5. The molecule has 2 atom stereocenters. The summed E-state index contributed by atoms with van der Waals surface area (Å²) in [5, 5.41) is 9.59. The third-order valence-electron chi connectivity index (χ3n) is 4.68. The SMILES string of the molecule is CCCCC(C)C#CCCCCCCCCCCCC(O)C(=O)OCC. The minimum atomic E-state index is -0.937. The average Bonchev–Trinajstić information content (AvgIpc) is 2.63. The van der Waals surface area contributed by atoms with E-state index in [4.69, 9.17) is 4.74 Å². The number of hydrogen-bond donors (Lipinski definition) is 1. The van der Waals surface area contributed by atoms with E-state index in [1.165, 1.54) is 64.2 Å². The molecular weight excluding hydrogens is 324 g/mol. The van der Waals surface area contributed by atoms with E-state index in [-0.39, 0.29) is 0 Å². The Morgan fingerprint density at radius 1 is 0.885 bits per heavy atom. The van der Waals surface area contributed by atoms with Gasteiger partial charge in [-0.3, -0.25) is 0 Å². The smallest absolute Gasteiger partial charge is 0.334 e. The molecule has 1 N–H and O–H groups in total. The number of ether oxygens (including phenoxy) is 1. The van der Waals surface area contributed by atoms with Gasteiger partial charge in [-0.2, -0.15) is 0 Å². The maximum atomic E-state index is 11.3. The number of carbonyl (C=O) groups excluding carboxylic acids is 1. The zero-order valence-electron chi connectivity index (χ0n) is 17.5. The zero-order chi connectivity index (χ0) is 19.5. The van der Waals surface area contributed by atoms with Crippen LogP contribution in [-0.4, -0.2) is 23.8 Å². The molecule has 0 aliphatic carbocycles. The first kappa shape index (κ1) is 25.0. The summed E-state index contributed by atoms with van der Waals surface area (Å²) in [5.74, 6) is 6.80. The Hall–Kier alpha value is -1.01. The van der Waals surface area contributed by atoms with E-state index in [9.17, 15) is 9.90 Å². The molecule has 0 rings (SSSR count). The van der Waals surface area contributed by atoms with Gasteiger partial charge in [0.25, 0.3) is 0 Å². The second kappa shape index (κ2) is 18.8. The van der Waals surface area contributed by atoms with Crippen LogP contribution in [0.1, 0.15) is 111 Å². The van der Waals surface area contributed by atoms with Crippen LogP contribution in [0.25, 0.3) is 0 Å². The normalized spacial score (nSPS) is 12.9. The van der Waals surface area contributed by atoms with Crippen molar-refractivity contribution in [1.82, 2.24) is 0 Å². The summed E-state index contributed by atoms with van der Waals surface area (Å²) in [6.07, 6.45) is 15.3. The quantitative estimate of drug-likeness (QED) is 0.206. The van der Waals surface area contributed by atoms with E-state index in [1.54, 1.807) is 6.92 Å². The lowest BCUT2D eigenvalue weighted by Gasteiger charge is -2.09. The summed E-state index contributed by atoms with van der Waals surface area (Å²) in [4.78, 5) is 11.3. The molecule has 0 radical (unpaired) electrons. The van der Waals surface area contributed by atoms with Crippen molar-refractivity contribution in [1.29, 1.82) is 0 Å². The first-order valence-electron chi connectivity index (χ1n) is 10.9. The van der Waals surface area contributed by atoms with E-state index >= 15 is 0 Å². The molecule has 3 nitrogen and oxygen atoms in total. The molecule has 2 unspecified atom stereocenters. The number of hydrogen-bond acceptors (Lipinski definition) is 3. The Bertz CT molecular complexity index is 381. The fourth-order valence-electron chi connectivity index (χ4n) is 2.97. The first-order chi connectivity index (χ1) is 12.6.